The van der Waals surface area contributed by atoms with E-state index in [-0.39, 0.29) is 24.0 Å². The van der Waals surface area contributed by atoms with Crippen LogP contribution < -0.4 is 10.6 Å². The van der Waals surface area contributed by atoms with Crippen molar-refractivity contribution in [1.82, 2.24) is 10.6 Å². The number of aliphatic imine (C=N–C) groups is 1. The summed E-state index contributed by atoms with van der Waals surface area (Å²) in [4.78, 5) is 4.27. The van der Waals surface area contributed by atoms with Crippen molar-refractivity contribution in [3.05, 3.63) is 35.4 Å². The molecule has 0 aliphatic carbocycles. The Morgan fingerprint density at radius 1 is 1.13 bits per heavy atom. The number of benzene rings is 1. The number of rotatable bonds is 9. The molecule has 5 heteroatoms. The summed E-state index contributed by atoms with van der Waals surface area (Å²) >= 11 is 0. The topological polar surface area (TPSA) is 45.7 Å². The number of hydrogen-bond acceptors (Lipinski definition) is 2. The molecule has 0 spiro atoms. The standard InChI is InChI=1S/C18H31N3O.HI/c1-15-8-10-17(11-9-15)16(2)14-21-18(19-3)20-12-6-5-7-13-22-4;/h8-11,16H,5-7,12-14H2,1-4H3,(H2,19,20,21);1H. The van der Waals surface area contributed by atoms with Gasteiger partial charge in [-0.1, -0.05) is 36.8 Å². The molecular formula is C18H32IN3O. The molecule has 0 aliphatic heterocycles. The molecule has 0 heterocycles. The Kier molecular flexibility index (Phi) is 13.1. The minimum Gasteiger partial charge on any atom is -0.385 e. The zero-order valence-corrected chi connectivity index (χ0v) is 17.2. The van der Waals surface area contributed by atoms with Gasteiger partial charge < -0.3 is 15.4 Å². The van der Waals surface area contributed by atoms with E-state index in [1.54, 1.807) is 7.11 Å². The summed E-state index contributed by atoms with van der Waals surface area (Å²) in [6.45, 7) is 7.02. The van der Waals surface area contributed by atoms with Crippen LogP contribution in [-0.4, -0.2) is 39.8 Å². The third kappa shape index (κ3) is 9.81. The highest BCUT2D eigenvalue weighted by molar-refractivity contribution is 14.0. The number of methoxy groups -OCH3 is 1. The van der Waals surface area contributed by atoms with E-state index in [1.807, 2.05) is 7.05 Å². The van der Waals surface area contributed by atoms with Gasteiger partial charge in [0.15, 0.2) is 5.96 Å². The van der Waals surface area contributed by atoms with Crippen LogP contribution in [0.2, 0.25) is 0 Å². The minimum atomic E-state index is 0. The largest absolute Gasteiger partial charge is 0.385 e. The van der Waals surface area contributed by atoms with Crippen LogP contribution in [0.25, 0.3) is 0 Å². The first-order valence-corrected chi connectivity index (χ1v) is 8.17. The Morgan fingerprint density at radius 2 is 1.83 bits per heavy atom. The molecule has 132 valence electrons. The molecule has 0 saturated carbocycles. The van der Waals surface area contributed by atoms with Gasteiger partial charge in [0, 0.05) is 33.9 Å². The predicted molar refractivity (Wildman–Crippen MR) is 110 cm³/mol. The molecule has 1 atom stereocenters. The summed E-state index contributed by atoms with van der Waals surface area (Å²) in [6.07, 6.45) is 3.43. The lowest BCUT2D eigenvalue weighted by Gasteiger charge is -2.16. The van der Waals surface area contributed by atoms with E-state index in [2.05, 4.69) is 53.7 Å². The second kappa shape index (κ2) is 13.6. The smallest absolute Gasteiger partial charge is 0.190 e. The van der Waals surface area contributed by atoms with Crippen LogP contribution in [-0.2, 0) is 4.74 Å². The maximum absolute atomic E-state index is 5.05. The monoisotopic (exact) mass is 433 g/mol. The third-order valence-corrected chi connectivity index (χ3v) is 3.76. The van der Waals surface area contributed by atoms with Gasteiger partial charge in [0.2, 0.25) is 0 Å². The Balaban J connectivity index is 0.00000484. The number of aryl methyl sites for hydroxylation is 1. The summed E-state index contributed by atoms with van der Waals surface area (Å²) in [5.74, 6) is 1.34. The zero-order valence-electron chi connectivity index (χ0n) is 14.9. The number of nitrogens with zero attached hydrogens (tertiary/aromatic N) is 1. The fourth-order valence-corrected chi connectivity index (χ4v) is 2.24. The van der Waals surface area contributed by atoms with E-state index in [4.69, 9.17) is 4.74 Å². The fourth-order valence-electron chi connectivity index (χ4n) is 2.24. The van der Waals surface area contributed by atoms with Crippen molar-refractivity contribution >= 4 is 29.9 Å². The van der Waals surface area contributed by atoms with Crippen molar-refractivity contribution in [3.8, 4) is 0 Å². The Hall–Kier alpha value is -0.820. The van der Waals surface area contributed by atoms with Gasteiger partial charge in [0.25, 0.3) is 0 Å². The molecule has 1 rings (SSSR count). The van der Waals surface area contributed by atoms with Gasteiger partial charge in [0.05, 0.1) is 0 Å². The van der Waals surface area contributed by atoms with Crippen molar-refractivity contribution in [2.24, 2.45) is 4.99 Å². The van der Waals surface area contributed by atoms with Crippen LogP contribution in [0.4, 0.5) is 0 Å². The first kappa shape index (κ1) is 22.2. The highest BCUT2D eigenvalue weighted by atomic mass is 127. The van der Waals surface area contributed by atoms with Gasteiger partial charge in [0.1, 0.15) is 0 Å². The number of guanidine groups is 1. The molecule has 23 heavy (non-hydrogen) atoms. The van der Waals surface area contributed by atoms with Crippen LogP contribution >= 0.6 is 24.0 Å². The van der Waals surface area contributed by atoms with Crippen molar-refractivity contribution in [1.29, 1.82) is 0 Å². The first-order chi connectivity index (χ1) is 10.7. The second-order valence-corrected chi connectivity index (χ2v) is 5.75. The highest BCUT2D eigenvalue weighted by Gasteiger charge is 2.06. The van der Waals surface area contributed by atoms with E-state index in [9.17, 15) is 0 Å². The van der Waals surface area contributed by atoms with E-state index < -0.39 is 0 Å². The molecule has 2 N–H and O–H groups in total. The summed E-state index contributed by atoms with van der Waals surface area (Å²) in [5, 5.41) is 6.76. The van der Waals surface area contributed by atoms with E-state index in [0.29, 0.717) is 5.92 Å². The highest BCUT2D eigenvalue weighted by Crippen LogP contribution is 2.14. The van der Waals surface area contributed by atoms with Crippen LogP contribution in [0.5, 0.6) is 0 Å². The Labute approximate surface area is 158 Å². The van der Waals surface area contributed by atoms with Crippen LogP contribution in [0.1, 0.15) is 43.2 Å². The molecule has 1 aromatic rings. The first-order valence-electron chi connectivity index (χ1n) is 8.17. The lowest BCUT2D eigenvalue weighted by atomic mass is 10.0. The average Bonchev–Trinajstić information content (AvgIpc) is 2.54. The minimum absolute atomic E-state index is 0. The normalized spacial score (nSPS) is 12.4. The SMILES string of the molecule is CN=C(NCCCCCOC)NCC(C)c1ccc(C)cc1.I. The molecule has 1 aromatic carbocycles. The quantitative estimate of drug-likeness (QED) is 0.270. The van der Waals surface area contributed by atoms with Crippen molar-refractivity contribution in [2.75, 3.05) is 33.9 Å². The van der Waals surface area contributed by atoms with Crippen LogP contribution in [0, 0.1) is 6.92 Å². The zero-order chi connectivity index (χ0) is 16.2. The summed E-state index contributed by atoms with van der Waals surface area (Å²) in [5.41, 5.74) is 2.66. The molecule has 0 saturated heterocycles. The number of halogens is 1. The van der Waals surface area contributed by atoms with Crippen molar-refractivity contribution in [2.45, 2.75) is 39.0 Å². The number of nitrogens with one attached hydrogen (secondary N) is 2. The summed E-state index contributed by atoms with van der Waals surface area (Å²) in [7, 11) is 3.57. The molecule has 4 nitrogen and oxygen atoms in total. The van der Waals surface area contributed by atoms with Gasteiger partial charge in [-0.3, -0.25) is 4.99 Å². The van der Waals surface area contributed by atoms with Crippen molar-refractivity contribution < 1.29 is 4.74 Å². The number of unbranched alkanes of at least 4 members (excludes halogenated alkanes) is 2. The van der Waals surface area contributed by atoms with Gasteiger partial charge in [-0.05, 0) is 37.7 Å². The molecule has 0 aromatic heterocycles. The lowest BCUT2D eigenvalue weighted by molar-refractivity contribution is 0.192. The van der Waals surface area contributed by atoms with E-state index in [1.165, 1.54) is 17.5 Å². The van der Waals surface area contributed by atoms with Gasteiger partial charge >= 0.3 is 0 Å². The predicted octanol–water partition coefficient (Wildman–Crippen LogP) is 3.70. The Morgan fingerprint density at radius 3 is 2.43 bits per heavy atom. The van der Waals surface area contributed by atoms with Gasteiger partial charge in [-0.15, -0.1) is 24.0 Å². The fraction of sp³-hybridized carbons (Fsp3) is 0.611. The molecule has 0 fully saturated rings. The molecule has 1 unspecified atom stereocenters. The number of hydrogen-bond donors (Lipinski definition) is 2. The maximum Gasteiger partial charge on any atom is 0.190 e. The molecule has 0 radical (unpaired) electrons. The maximum atomic E-state index is 5.05. The van der Waals surface area contributed by atoms with E-state index >= 15 is 0 Å². The van der Waals surface area contributed by atoms with Crippen LogP contribution in [0.3, 0.4) is 0 Å². The molecule has 0 aliphatic rings. The molecular weight excluding hydrogens is 401 g/mol. The molecule has 0 bridgehead atoms. The second-order valence-electron chi connectivity index (χ2n) is 5.75. The average molecular weight is 433 g/mol. The molecule has 0 amide bonds. The third-order valence-electron chi connectivity index (χ3n) is 3.76. The van der Waals surface area contributed by atoms with Gasteiger partial charge in [-0.25, -0.2) is 0 Å². The van der Waals surface area contributed by atoms with Gasteiger partial charge in [-0.2, -0.15) is 0 Å². The number of ether oxygens (including phenoxy) is 1. The van der Waals surface area contributed by atoms with Crippen molar-refractivity contribution in [3.63, 3.8) is 0 Å². The van der Waals surface area contributed by atoms with E-state index in [0.717, 1.165) is 38.5 Å². The Bertz CT molecular complexity index is 434. The lowest BCUT2D eigenvalue weighted by Crippen LogP contribution is -2.39. The van der Waals surface area contributed by atoms with Crippen LogP contribution in [0.15, 0.2) is 29.3 Å². The summed E-state index contributed by atoms with van der Waals surface area (Å²) in [6, 6.07) is 8.74. The summed E-state index contributed by atoms with van der Waals surface area (Å²) < 4.78 is 5.05.